The highest BCUT2D eigenvalue weighted by Crippen LogP contribution is 2.17. The van der Waals surface area contributed by atoms with Gasteiger partial charge < -0.3 is 0 Å². The molecule has 2 aromatic carbocycles. The van der Waals surface area contributed by atoms with Crippen LogP contribution in [0.3, 0.4) is 0 Å². The van der Waals surface area contributed by atoms with Gasteiger partial charge in [0.05, 0.1) is 11.6 Å². The molecule has 1 saturated heterocycles. The van der Waals surface area contributed by atoms with Crippen molar-refractivity contribution in [2.24, 2.45) is 0 Å². The van der Waals surface area contributed by atoms with Crippen LogP contribution < -0.4 is 10.3 Å². The number of rotatable bonds is 2. The molecule has 1 aliphatic heterocycles. The Bertz CT molecular complexity index is 804. The van der Waals surface area contributed by atoms with E-state index in [0.717, 1.165) is 9.58 Å². The second kappa shape index (κ2) is 5.50. The molecule has 0 spiro atoms. The van der Waals surface area contributed by atoms with Gasteiger partial charge in [0.1, 0.15) is 11.9 Å². The van der Waals surface area contributed by atoms with E-state index in [2.05, 4.69) is 5.43 Å². The van der Waals surface area contributed by atoms with E-state index < -0.39 is 12.1 Å². The first-order valence-corrected chi connectivity index (χ1v) is 6.53. The number of imide groups is 1. The molecular formula is C16H11N4O2+. The highest BCUT2D eigenvalue weighted by atomic mass is 16.2. The van der Waals surface area contributed by atoms with Crippen molar-refractivity contribution in [2.75, 3.05) is 4.90 Å². The van der Waals surface area contributed by atoms with E-state index in [1.54, 1.807) is 48.5 Å². The van der Waals surface area contributed by atoms with Crippen LogP contribution in [0.2, 0.25) is 0 Å². The molecular weight excluding hydrogens is 280 g/mol. The molecule has 0 saturated carbocycles. The largest absolute Gasteiger partial charge is 0.531 e. The predicted molar refractivity (Wildman–Crippen MR) is 79.4 cm³/mol. The Hall–Kier alpha value is -3.46. The van der Waals surface area contributed by atoms with Gasteiger partial charge in [0.25, 0.3) is 0 Å². The number of nitriles is 1. The van der Waals surface area contributed by atoms with E-state index >= 15 is 0 Å². The van der Waals surface area contributed by atoms with Gasteiger partial charge in [-0.3, -0.25) is 0 Å². The Morgan fingerprint density at radius 3 is 2.36 bits per heavy atom. The summed E-state index contributed by atoms with van der Waals surface area (Å²) < 4.78 is 1.12. The number of anilines is 1. The predicted octanol–water partition coefficient (Wildman–Crippen LogP) is 2.25. The van der Waals surface area contributed by atoms with Gasteiger partial charge in [-0.05, 0) is 36.4 Å². The van der Waals surface area contributed by atoms with E-state index in [1.807, 2.05) is 12.1 Å². The molecule has 0 unspecified atom stereocenters. The first-order valence-electron chi connectivity index (χ1n) is 6.53. The van der Waals surface area contributed by atoms with Gasteiger partial charge in [-0.1, -0.05) is 22.9 Å². The molecule has 1 N–H and O–H groups in total. The van der Waals surface area contributed by atoms with Crippen molar-refractivity contribution < 1.29 is 14.3 Å². The topological polar surface area (TPSA) is 76.2 Å². The minimum atomic E-state index is -0.513. The summed E-state index contributed by atoms with van der Waals surface area (Å²) in [7, 11) is 0. The Labute approximate surface area is 126 Å². The van der Waals surface area contributed by atoms with Crippen LogP contribution in [0.15, 0.2) is 54.6 Å². The van der Waals surface area contributed by atoms with Gasteiger partial charge in [0.2, 0.25) is 0 Å². The number of carbonyl (C=O) groups is 2. The number of amides is 4. The molecule has 0 aliphatic carbocycles. The lowest BCUT2D eigenvalue weighted by Crippen LogP contribution is -2.29. The number of nitrogens with one attached hydrogen (secondary N) is 1. The molecule has 0 atom stereocenters. The lowest BCUT2D eigenvalue weighted by atomic mass is 10.2. The molecule has 3 rings (SSSR count). The standard InChI is InChI=1S/C16H10N4O2/c17-10-12-6-8-13(9-7-12)11-19-16(22)20(15(21)18-19)14-4-2-1-3-5-14/h1-9,11H/p+1/b19-11-. The Morgan fingerprint density at radius 2 is 1.73 bits per heavy atom. The zero-order valence-electron chi connectivity index (χ0n) is 11.4. The van der Waals surface area contributed by atoms with Gasteiger partial charge in [-0.2, -0.15) is 10.1 Å². The summed E-state index contributed by atoms with van der Waals surface area (Å²) in [5.74, 6) is 0. The molecule has 4 amide bonds. The van der Waals surface area contributed by atoms with Crippen LogP contribution in [0.4, 0.5) is 15.3 Å². The van der Waals surface area contributed by atoms with Crippen molar-refractivity contribution in [3.05, 3.63) is 65.7 Å². The van der Waals surface area contributed by atoms with Crippen molar-refractivity contribution >= 4 is 24.0 Å². The van der Waals surface area contributed by atoms with Gasteiger partial charge in [-0.25, -0.2) is 4.79 Å². The summed E-state index contributed by atoms with van der Waals surface area (Å²) in [6.07, 6.45) is 1.50. The fourth-order valence-corrected chi connectivity index (χ4v) is 2.08. The minimum absolute atomic E-state index is 0.486. The second-order valence-corrected chi connectivity index (χ2v) is 4.60. The van der Waals surface area contributed by atoms with Crippen LogP contribution >= 0.6 is 0 Å². The summed E-state index contributed by atoms with van der Waals surface area (Å²) >= 11 is 0. The first kappa shape index (κ1) is 13.5. The van der Waals surface area contributed by atoms with Crippen molar-refractivity contribution in [2.45, 2.75) is 0 Å². The maximum Gasteiger partial charge on any atom is 0.531 e. The van der Waals surface area contributed by atoms with Crippen molar-refractivity contribution in [1.82, 2.24) is 5.43 Å². The Balaban J connectivity index is 1.90. The number of hydrogen-bond acceptors (Lipinski definition) is 3. The third kappa shape index (κ3) is 2.43. The molecule has 0 radical (unpaired) electrons. The zero-order chi connectivity index (χ0) is 15.5. The fraction of sp³-hybridized carbons (Fsp3) is 0. The van der Waals surface area contributed by atoms with Crippen molar-refractivity contribution in [3.8, 4) is 6.07 Å². The Morgan fingerprint density at radius 1 is 1.05 bits per heavy atom. The highest BCUT2D eigenvalue weighted by Gasteiger charge is 2.44. The van der Waals surface area contributed by atoms with E-state index in [9.17, 15) is 9.59 Å². The zero-order valence-corrected chi connectivity index (χ0v) is 11.4. The van der Waals surface area contributed by atoms with Crippen LogP contribution in [-0.4, -0.2) is 23.0 Å². The van der Waals surface area contributed by atoms with Crippen LogP contribution in [0.1, 0.15) is 11.1 Å². The molecule has 6 heteroatoms. The Kier molecular flexibility index (Phi) is 3.38. The molecule has 106 valence electrons. The van der Waals surface area contributed by atoms with Crippen LogP contribution in [0, 0.1) is 11.3 Å². The van der Waals surface area contributed by atoms with E-state index in [4.69, 9.17) is 5.26 Å². The molecule has 1 fully saturated rings. The smallest absolute Gasteiger partial charge is 0.216 e. The van der Waals surface area contributed by atoms with Gasteiger partial charge in [-0.15, -0.1) is 10.3 Å². The van der Waals surface area contributed by atoms with Crippen molar-refractivity contribution in [1.29, 1.82) is 5.26 Å². The summed E-state index contributed by atoms with van der Waals surface area (Å²) in [6, 6.07) is 16.4. The summed E-state index contributed by atoms with van der Waals surface area (Å²) in [5, 5.41) is 8.76. The second-order valence-electron chi connectivity index (χ2n) is 4.60. The lowest BCUT2D eigenvalue weighted by Gasteiger charge is -2.00. The summed E-state index contributed by atoms with van der Waals surface area (Å²) in [4.78, 5) is 25.4. The molecule has 1 aliphatic rings. The van der Waals surface area contributed by atoms with Gasteiger partial charge in [0, 0.05) is 5.56 Å². The van der Waals surface area contributed by atoms with Crippen LogP contribution in [0.5, 0.6) is 0 Å². The third-order valence-electron chi connectivity index (χ3n) is 3.15. The quantitative estimate of drug-likeness (QED) is 0.862. The number of benzene rings is 2. The fourth-order valence-electron chi connectivity index (χ4n) is 2.08. The van der Waals surface area contributed by atoms with Crippen LogP contribution in [0.25, 0.3) is 0 Å². The SMILES string of the molecule is N#Cc1ccc(/C=[N+]2\NC(=O)N(c3ccccc3)C2=O)cc1. The minimum Gasteiger partial charge on any atom is -0.216 e. The number of hydrazone groups is 1. The van der Waals surface area contributed by atoms with E-state index in [0.29, 0.717) is 16.8 Å². The molecule has 1 heterocycles. The van der Waals surface area contributed by atoms with E-state index in [1.165, 1.54) is 6.21 Å². The van der Waals surface area contributed by atoms with Crippen molar-refractivity contribution in [3.63, 3.8) is 0 Å². The lowest BCUT2D eigenvalue weighted by molar-refractivity contribution is -0.458. The number of urea groups is 2. The highest BCUT2D eigenvalue weighted by molar-refractivity contribution is 6.14. The summed E-state index contributed by atoms with van der Waals surface area (Å²) in [5.41, 5.74) is 4.20. The first-order chi connectivity index (χ1) is 10.7. The molecule has 6 nitrogen and oxygen atoms in total. The summed E-state index contributed by atoms with van der Waals surface area (Å²) in [6.45, 7) is 0. The van der Waals surface area contributed by atoms with Gasteiger partial charge in [0.15, 0.2) is 0 Å². The normalized spacial score (nSPS) is 15.8. The number of nitrogens with zero attached hydrogens (tertiary/aromatic N) is 3. The maximum absolute atomic E-state index is 12.3. The molecule has 2 aromatic rings. The average Bonchev–Trinajstić information content (AvgIpc) is 2.83. The maximum atomic E-state index is 12.3. The number of carbonyl (C=O) groups excluding carboxylic acids is 2. The number of para-hydroxylation sites is 1. The third-order valence-corrected chi connectivity index (χ3v) is 3.15. The van der Waals surface area contributed by atoms with E-state index in [-0.39, 0.29) is 0 Å². The average molecular weight is 291 g/mol. The molecule has 0 aromatic heterocycles. The van der Waals surface area contributed by atoms with Gasteiger partial charge >= 0.3 is 12.1 Å². The number of hydrazine groups is 1. The van der Waals surface area contributed by atoms with Crippen LogP contribution in [-0.2, 0) is 0 Å². The monoisotopic (exact) mass is 291 g/mol. The molecule has 0 bridgehead atoms. The molecule has 22 heavy (non-hydrogen) atoms. The number of hydrogen-bond donors (Lipinski definition) is 1.